The van der Waals surface area contributed by atoms with Gasteiger partial charge in [0.1, 0.15) is 17.4 Å². The number of halogens is 5. The molecule has 0 atom stereocenters. The third kappa shape index (κ3) is 6.90. The van der Waals surface area contributed by atoms with Crippen LogP contribution >= 0.6 is 0 Å². The molecule has 0 bridgehead atoms. The highest BCUT2D eigenvalue weighted by molar-refractivity contribution is 7.85. The van der Waals surface area contributed by atoms with Gasteiger partial charge in [0, 0.05) is 0 Å². The summed E-state index contributed by atoms with van der Waals surface area (Å²) in [4.78, 5) is 0. The van der Waals surface area contributed by atoms with Crippen LogP contribution in [0.2, 0.25) is 0 Å². The number of ether oxygens (including phenoxy) is 1. The number of alkyl halides is 3. The van der Waals surface area contributed by atoms with E-state index < -0.39 is 33.9 Å². The summed E-state index contributed by atoms with van der Waals surface area (Å²) < 4.78 is 96.9. The van der Waals surface area contributed by atoms with E-state index in [2.05, 4.69) is 4.74 Å². The van der Waals surface area contributed by atoms with Gasteiger partial charge in [-0.15, -0.1) is 13.2 Å². The topological polar surface area (TPSA) is 52.6 Å². The molecule has 2 aromatic carbocycles. The molecule has 0 amide bonds. The van der Waals surface area contributed by atoms with Gasteiger partial charge in [-0.25, -0.2) is 8.78 Å². The van der Waals surface area contributed by atoms with Crippen LogP contribution in [0.5, 0.6) is 5.75 Å². The molecule has 0 aromatic heterocycles. The van der Waals surface area contributed by atoms with Crippen molar-refractivity contribution in [3.8, 4) is 16.9 Å². The molecule has 0 unspecified atom stereocenters. The van der Waals surface area contributed by atoms with Crippen LogP contribution in [-0.4, -0.2) is 27.6 Å². The summed E-state index contributed by atoms with van der Waals surface area (Å²) in [6, 6.07) is 6.90. The van der Waals surface area contributed by atoms with E-state index in [1.807, 2.05) is 0 Å². The molecule has 0 heterocycles. The summed E-state index contributed by atoms with van der Waals surface area (Å²) in [5, 5.41) is 0. The zero-order valence-electron chi connectivity index (χ0n) is 17.3. The minimum absolute atomic E-state index is 0.0253. The second-order valence-corrected chi connectivity index (χ2v) is 9.61. The van der Waals surface area contributed by atoms with Crippen LogP contribution < -0.4 is 4.74 Å². The van der Waals surface area contributed by atoms with Crippen molar-refractivity contribution in [3.05, 3.63) is 53.6 Å². The Hall–Kier alpha value is -2.20. The SMILES string of the molecule is CS(=O)(=O)OCC[C@H]1CC[C@H](c2cc(F)c(-c3ccc(OC(F)(F)F)cc3)c(F)c2)CC1. The average Bonchev–Trinajstić information content (AvgIpc) is 2.67. The maximum Gasteiger partial charge on any atom is 0.573 e. The molecule has 0 spiro atoms. The van der Waals surface area contributed by atoms with Crippen molar-refractivity contribution in [2.75, 3.05) is 12.9 Å². The molecule has 2 aromatic rings. The van der Waals surface area contributed by atoms with Crippen LogP contribution in [0.4, 0.5) is 22.0 Å². The van der Waals surface area contributed by atoms with E-state index in [9.17, 15) is 30.4 Å². The van der Waals surface area contributed by atoms with Crippen molar-refractivity contribution in [2.24, 2.45) is 5.92 Å². The summed E-state index contributed by atoms with van der Waals surface area (Å²) in [7, 11) is -3.47. The Bertz CT molecular complexity index is 1000. The van der Waals surface area contributed by atoms with Gasteiger partial charge in [0.2, 0.25) is 0 Å². The molecule has 1 fully saturated rings. The average molecular weight is 478 g/mol. The van der Waals surface area contributed by atoms with Gasteiger partial charge in [-0.2, -0.15) is 8.42 Å². The fraction of sp³-hybridized carbons (Fsp3) is 0.455. The molecule has 0 saturated heterocycles. The molecule has 1 saturated carbocycles. The van der Waals surface area contributed by atoms with Crippen LogP contribution in [0, 0.1) is 17.6 Å². The van der Waals surface area contributed by atoms with Crippen molar-refractivity contribution < 1.29 is 39.3 Å². The van der Waals surface area contributed by atoms with Crippen molar-refractivity contribution in [3.63, 3.8) is 0 Å². The molecule has 1 aliphatic carbocycles. The number of hydrogen-bond acceptors (Lipinski definition) is 4. The summed E-state index contributed by atoms with van der Waals surface area (Å²) in [6.07, 6.45) is -0.223. The molecule has 0 radical (unpaired) electrons. The first-order valence-corrected chi connectivity index (χ1v) is 11.9. The lowest BCUT2D eigenvalue weighted by Gasteiger charge is -2.29. The van der Waals surface area contributed by atoms with E-state index in [0.717, 1.165) is 31.2 Å². The maximum absolute atomic E-state index is 14.8. The van der Waals surface area contributed by atoms with Crippen LogP contribution in [0.15, 0.2) is 36.4 Å². The van der Waals surface area contributed by atoms with Gasteiger partial charge < -0.3 is 4.74 Å². The first-order chi connectivity index (χ1) is 14.9. The van der Waals surface area contributed by atoms with E-state index in [4.69, 9.17) is 4.18 Å². The number of rotatable bonds is 7. The minimum Gasteiger partial charge on any atom is -0.406 e. The smallest absolute Gasteiger partial charge is 0.406 e. The molecular weight excluding hydrogens is 455 g/mol. The Kier molecular flexibility index (Phi) is 7.44. The minimum atomic E-state index is -4.85. The standard InChI is InChI=1S/C22H23F5O4S/c1-32(28,29)30-11-10-14-2-4-15(5-3-14)17-12-19(23)21(20(24)13-17)16-6-8-18(9-7-16)31-22(25,26)27/h6-9,12-15H,2-5,10-11H2,1H3/t14-,15-. The normalized spacial score (nSPS) is 19.7. The Morgan fingerprint density at radius 2 is 1.53 bits per heavy atom. The first-order valence-electron chi connectivity index (χ1n) is 10.1. The highest BCUT2D eigenvalue weighted by atomic mass is 32.2. The van der Waals surface area contributed by atoms with Crippen LogP contribution in [-0.2, 0) is 14.3 Å². The Labute approximate surface area is 183 Å². The lowest BCUT2D eigenvalue weighted by molar-refractivity contribution is -0.274. The fourth-order valence-corrected chi connectivity index (χ4v) is 4.48. The molecule has 4 nitrogen and oxygen atoms in total. The van der Waals surface area contributed by atoms with Gasteiger partial charge >= 0.3 is 6.36 Å². The van der Waals surface area contributed by atoms with Crippen molar-refractivity contribution in [1.29, 1.82) is 0 Å². The van der Waals surface area contributed by atoms with Gasteiger partial charge in [0.15, 0.2) is 0 Å². The molecule has 1 aliphatic rings. The van der Waals surface area contributed by atoms with Crippen LogP contribution in [0.3, 0.4) is 0 Å². The van der Waals surface area contributed by atoms with Gasteiger partial charge in [0.05, 0.1) is 18.4 Å². The highest BCUT2D eigenvalue weighted by Gasteiger charge is 2.31. The zero-order chi connectivity index (χ0) is 23.5. The lowest BCUT2D eigenvalue weighted by atomic mass is 9.77. The van der Waals surface area contributed by atoms with E-state index in [-0.39, 0.29) is 23.7 Å². The predicted octanol–water partition coefficient (Wildman–Crippen LogP) is 6.17. The summed E-state index contributed by atoms with van der Waals surface area (Å²) in [5.74, 6) is -1.78. The highest BCUT2D eigenvalue weighted by Crippen LogP contribution is 2.39. The largest absolute Gasteiger partial charge is 0.573 e. The number of hydrogen-bond donors (Lipinski definition) is 0. The summed E-state index contributed by atoms with van der Waals surface area (Å²) >= 11 is 0. The van der Waals surface area contributed by atoms with Gasteiger partial charge in [0.25, 0.3) is 10.1 Å². The first kappa shape index (κ1) is 24.4. The Morgan fingerprint density at radius 1 is 0.969 bits per heavy atom. The molecule has 0 aliphatic heterocycles. The van der Waals surface area contributed by atoms with E-state index in [1.54, 1.807) is 0 Å². The molecule has 32 heavy (non-hydrogen) atoms. The zero-order valence-corrected chi connectivity index (χ0v) is 18.1. The maximum atomic E-state index is 14.8. The predicted molar refractivity (Wildman–Crippen MR) is 109 cm³/mol. The number of benzene rings is 2. The third-order valence-corrected chi connectivity index (χ3v) is 6.18. The van der Waals surface area contributed by atoms with Crippen molar-refractivity contribution in [2.45, 2.75) is 44.4 Å². The van der Waals surface area contributed by atoms with Crippen molar-refractivity contribution >= 4 is 10.1 Å². The second-order valence-electron chi connectivity index (χ2n) is 7.96. The quantitative estimate of drug-likeness (QED) is 0.353. The molecule has 3 rings (SSSR count). The van der Waals surface area contributed by atoms with Gasteiger partial charge in [-0.1, -0.05) is 12.1 Å². The summed E-state index contributed by atoms with van der Waals surface area (Å²) in [6.45, 7) is 0.124. The fourth-order valence-electron chi connectivity index (χ4n) is 4.08. The van der Waals surface area contributed by atoms with Gasteiger partial charge in [-0.05, 0) is 79.3 Å². The van der Waals surface area contributed by atoms with E-state index in [0.29, 0.717) is 30.7 Å². The van der Waals surface area contributed by atoms with Crippen molar-refractivity contribution in [1.82, 2.24) is 0 Å². The third-order valence-electron chi connectivity index (χ3n) is 5.58. The van der Waals surface area contributed by atoms with E-state index in [1.165, 1.54) is 24.3 Å². The molecule has 0 N–H and O–H groups in total. The molecular formula is C22H23F5O4S. The monoisotopic (exact) mass is 478 g/mol. The molecule has 10 heteroatoms. The van der Waals surface area contributed by atoms with Gasteiger partial charge in [-0.3, -0.25) is 4.18 Å². The van der Waals surface area contributed by atoms with Crippen LogP contribution in [0.25, 0.3) is 11.1 Å². The van der Waals surface area contributed by atoms with Crippen LogP contribution in [0.1, 0.15) is 43.6 Å². The second kappa shape index (κ2) is 9.74. The summed E-state index contributed by atoms with van der Waals surface area (Å²) in [5.41, 5.74) is 0.334. The Balaban J connectivity index is 1.65. The lowest BCUT2D eigenvalue weighted by Crippen LogP contribution is -2.17. The Morgan fingerprint density at radius 3 is 2.03 bits per heavy atom. The molecule has 176 valence electrons. The van der Waals surface area contributed by atoms with E-state index >= 15 is 0 Å².